The van der Waals surface area contributed by atoms with Crippen molar-refractivity contribution in [2.75, 3.05) is 25.7 Å². The third-order valence-corrected chi connectivity index (χ3v) is 3.08. The molecule has 0 saturated heterocycles. The quantitative estimate of drug-likeness (QED) is 0.348. The summed E-state index contributed by atoms with van der Waals surface area (Å²) in [6, 6.07) is 4.13. The van der Waals surface area contributed by atoms with E-state index in [9.17, 15) is 9.59 Å². The molecule has 0 fully saturated rings. The zero-order chi connectivity index (χ0) is 16.7. The molecule has 1 amide bonds. The Morgan fingerprint density at radius 2 is 2.09 bits per heavy atom. The molecule has 1 atom stereocenters. The van der Waals surface area contributed by atoms with Crippen molar-refractivity contribution in [3.8, 4) is 0 Å². The van der Waals surface area contributed by atoms with Crippen LogP contribution < -0.4 is 4.90 Å². The molecule has 0 bridgehead atoms. The molecule has 1 unspecified atom stereocenters. The summed E-state index contributed by atoms with van der Waals surface area (Å²) in [5, 5.41) is 3.59. The number of esters is 1. The maximum Gasteiger partial charge on any atom is 0.328 e. The number of carbonyl (C=O) groups is 2. The van der Waals surface area contributed by atoms with E-state index in [-0.39, 0.29) is 12.3 Å². The fourth-order valence-electron chi connectivity index (χ4n) is 2.09. The summed E-state index contributed by atoms with van der Waals surface area (Å²) in [7, 11) is 2.62. The predicted molar refractivity (Wildman–Crippen MR) is 80.8 cm³/mol. The zero-order valence-electron chi connectivity index (χ0n) is 12.9. The summed E-state index contributed by atoms with van der Waals surface area (Å²) in [5.41, 5.74) is 9.99. The number of hydrogen-bond donors (Lipinski definition) is 0. The molecule has 8 heteroatoms. The number of aryl methyl sites for hydroxylation is 1. The average molecular weight is 306 g/mol. The van der Waals surface area contributed by atoms with E-state index >= 15 is 0 Å². The third-order valence-electron chi connectivity index (χ3n) is 3.08. The van der Waals surface area contributed by atoms with E-state index in [1.807, 2.05) is 0 Å². The number of methoxy groups -OCH3 is 2. The van der Waals surface area contributed by atoms with Gasteiger partial charge in [0.05, 0.1) is 18.5 Å². The van der Waals surface area contributed by atoms with E-state index < -0.39 is 17.9 Å². The van der Waals surface area contributed by atoms with Crippen LogP contribution in [0.25, 0.3) is 10.4 Å². The van der Waals surface area contributed by atoms with Crippen molar-refractivity contribution in [1.29, 1.82) is 0 Å². The lowest BCUT2D eigenvalue weighted by Gasteiger charge is -2.29. The minimum absolute atomic E-state index is 0.217. The molecule has 0 radical (unpaired) electrons. The molecule has 1 rings (SSSR count). The van der Waals surface area contributed by atoms with Crippen LogP contribution in [-0.2, 0) is 19.1 Å². The van der Waals surface area contributed by atoms with Crippen LogP contribution in [0.2, 0.25) is 0 Å². The van der Waals surface area contributed by atoms with Crippen LogP contribution in [0, 0.1) is 6.92 Å². The molecule has 8 nitrogen and oxygen atoms in total. The van der Waals surface area contributed by atoms with Crippen molar-refractivity contribution < 1.29 is 19.1 Å². The highest BCUT2D eigenvalue weighted by molar-refractivity contribution is 6.02. The third kappa shape index (κ3) is 3.75. The minimum atomic E-state index is -0.888. The van der Waals surface area contributed by atoms with Gasteiger partial charge in [-0.05, 0) is 24.9 Å². The van der Waals surface area contributed by atoms with Gasteiger partial charge in [0.25, 0.3) is 5.91 Å². The van der Waals surface area contributed by atoms with E-state index in [4.69, 9.17) is 15.0 Å². The number of anilines is 1. The Morgan fingerprint density at radius 3 is 2.64 bits per heavy atom. The Labute approximate surface area is 128 Å². The Bertz CT molecular complexity index is 611. The molecule has 0 heterocycles. The number of para-hydroxylation sites is 1. The number of benzene rings is 1. The van der Waals surface area contributed by atoms with Crippen LogP contribution in [0.15, 0.2) is 23.3 Å². The van der Waals surface area contributed by atoms with Crippen molar-refractivity contribution in [2.45, 2.75) is 19.9 Å². The summed E-state index contributed by atoms with van der Waals surface area (Å²) in [6.07, 6.45) is 0. The predicted octanol–water partition coefficient (Wildman–Crippen LogP) is 2.48. The molecular weight excluding hydrogens is 288 g/mol. The molecular formula is C14H18N4O4. The monoisotopic (exact) mass is 306 g/mol. The maximum atomic E-state index is 12.4. The van der Waals surface area contributed by atoms with E-state index in [2.05, 4.69) is 10.0 Å². The van der Waals surface area contributed by atoms with E-state index in [0.29, 0.717) is 11.3 Å². The van der Waals surface area contributed by atoms with Crippen molar-refractivity contribution >= 4 is 23.3 Å². The molecule has 0 N–H and O–H groups in total. The van der Waals surface area contributed by atoms with Crippen molar-refractivity contribution in [1.82, 2.24) is 0 Å². The molecule has 0 aliphatic rings. The lowest BCUT2D eigenvalue weighted by atomic mass is 10.1. The smallest absolute Gasteiger partial charge is 0.328 e. The fourth-order valence-corrected chi connectivity index (χ4v) is 2.09. The van der Waals surface area contributed by atoms with Gasteiger partial charge in [-0.15, -0.1) is 0 Å². The summed E-state index contributed by atoms with van der Waals surface area (Å²) in [5.74, 6) is -1.02. The average Bonchev–Trinajstić information content (AvgIpc) is 2.49. The molecule has 0 aromatic heterocycles. The lowest BCUT2D eigenvalue weighted by Crippen LogP contribution is -2.46. The number of amides is 1. The summed E-state index contributed by atoms with van der Waals surface area (Å²) in [6.45, 7) is 3.07. The van der Waals surface area contributed by atoms with Gasteiger partial charge in [-0.25, -0.2) is 4.79 Å². The summed E-state index contributed by atoms with van der Waals surface area (Å²) >= 11 is 0. The molecule has 0 spiro atoms. The Hall–Kier alpha value is -2.57. The number of hydrogen-bond acceptors (Lipinski definition) is 5. The van der Waals surface area contributed by atoms with Gasteiger partial charge in [-0.1, -0.05) is 23.3 Å². The summed E-state index contributed by atoms with van der Waals surface area (Å²) < 4.78 is 9.57. The van der Waals surface area contributed by atoms with E-state index in [1.165, 1.54) is 26.0 Å². The second-order valence-electron chi connectivity index (χ2n) is 4.53. The SMILES string of the molecule is COCC(=O)N(c1c(C)cccc1N=[N+]=[N-])C(C)C(=O)OC. The van der Waals surface area contributed by atoms with E-state index in [1.54, 1.807) is 25.1 Å². The molecule has 1 aromatic carbocycles. The number of ether oxygens (including phenoxy) is 2. The number of azide groups is 1. The second kappa shape index (κ2) is 8.02. The molecule has 1 aromatic rings. The molecule has 0 aliphatic carbocycles. The topological polar surface area (TPSA) is 105 Å². The maximum absolute atomic E-state index is 12.4. The van der Waals surface area contributed by atoms with Crippen LogP contribution in [-0.4, -0.2) is 38.7 Å². The number of rotatable bonds is 6. The Kier molecular flexibility index (Phi) is 6.37. The van der Waals surface area contributed by atoms with Gasteiger partial charge in [0.1, 0.15) is 12.6 Å². The van der Waals surface area contributed by atoms with Crippen molar-refractivity contribution in [2.24, 2.45) is 5.11 Å². The van der Waals surface area contributed by atoms with Gasteiger partial charge >= 0.3 is 5.97 Å². The zero-order valence-corrected chi connectivity index (χ0v) is 12.9. The van der Waals surface area contributed by atoms with Gasteiger partial charge in [-0.2, -0.15) is 0 Å². The Balaban J connectivity index is 3.48. The first-order chi connectivity index (χ1) is 10.5. The highest BCUT2D eigenvalue weighted by atomic mass is 16.5. The molecule has 0 aliphatic heterocycles. The minimum Gasteiger partial charge on any atom is -0.467 e. The number of carbonyl (C=O) groups excluding carboxylic acids is 2. The second-order valence-corrected chi connectivity index (χ2v) is 4.53. The first kappa shape index (κ1) is 17.5. The van der Waals surface area contributed by atoms with Gasteiger partial charge in [0.15, 0.2) is 0 Å². The largest absolute Gasteiger partial charge is 0.467 e. The van der Waals surface area contributed by atoms with Crippen LogP contribution in [0.1, 0.15) is 12.5 Å². The standard InChI is InChI=1S/C14H18N4O4/c1-9-6-5-7-11(16-17-15)13(9)18(12(19)8-21-3)10(2)14(20)22-4/h5-7,10H,8H2,1-4H3. The van der Waals surface area contributed by atoms with Gasteiger partial charge in [0.2, 0.25) is 0 Å². The first-order valence-electron chi connectivity index (χ1n) is 6.51. The highest BCUT2D eigenvalue weighted by Crippen LogP contribution is 2.34. The normalized spacial score (nSPS) is 11.3. The molecule has 118 valence electrons. The molecule has 0 saturated carbocycles. The Morgan fingerprint density at radius 1 is 1.41 bits per heavy atom. The van der Waals surface area contributed by atoms with Crippen LogP contribution in [0.4, 0.5) is 11.4 Å². The lowest BCUT2D eigenvalue weighted by molar-refractivity contribution is -0.143. The van der Waals surface area contributed by atoms with Gasteiger partial charge < -0.3 is 9.47 Å². The highest BCUT2D eigenvalue weighted by Gasteiger charge is 2.30. The number of nitrogens with zero attached hydrogens (tertiary/aromatic N) is 4. The van der Waals surface area contributed by atoms with Crippen LogP contribution in [0.5, 0.6) is 0 Å². The van der Waals surface area contributed by atoms with Crippen molar-refractivity contribution in [3.63, 3.8) is 0 Å². The molecule has 22 heavy (non-hydrogen) atoms. The van der Waals surface area contributed by atoms with Crippen LogP contribution in [0.3, 0.4) is 0 Å². The van der Waals surface area contributed by atoms with E-state index in [0.717, 1.165) is 0 Å². The fraction of sp³-hybridized carbons (Fsp3) is 0.429. The van der Waals surface area contributed by atoms with Gasteiger partial charge in [0, 0.05) is 12.0 Å². The van der Waals surface area contributed by atoms with Crippen molar-refractivity contribution in [3.05, 3.63) is 34.2 Å². The first-order valence-corrected chi connectivity index (χ1v) is 6.51. The van der Waals surface area contributed by atoms with Gasteiger partial charge in [-0.3, -0.25) is 9.69 Å². The summed E-state index contributed by atoms with van der Waals surface area (Å²) in [4.78, 5) is 28.2. The van der Waals surface area contributed by atoms with Crippen LogP contribution >= 0.6 is 0 Å².